The van der Waals surface area contributed by atoms with E-state index in [-0.39, 0.29) is 50.4 Å². The molecule has 0 fully saturated rings. The van der Waals surface area contributed by atoms with Gasteiger partial charge in [0.15, 0.2) is 0 Å². The molecule has 1 heterocycles. The minimum atomic E-state index is -0.506. The van der Waals surface area contributed by atoms with Gasteiger partial charge in [-0.05, 0) is 6.92 Å². The van der Waals surface area contributed by atoms with E-state index in [0.29, 0.717) is 0 Å². The van der Waals surface area contributed by atoms with E-state index >= 15 is 0 Å². The van der Waals surface area contributed by atoms with Crippen molar-refractivity contribution in [3.63, 3.8) is 0 Å². The Labute approximate surface area is 99.9 Å². The summed E-state index contributed by atoms with van der Waals surface area (Å²) in [4.78, 5) is 21.3. The predicted octanol–water partition coefficient (Wildman–Crippen LogP) is -0.885. The molecule has 0 aromatic rings. The molecule has 4 nitrogen and oxygen atoms in total. The molecule has 1 unspecified atom stereocenters. The Hall–Kier alpha value is -0.0603. The molecule has 0 aliphatic carbocycles. The van der Waals surface area contributed by atoms with Gasteiger partial charge in [-0.15, -0.1) is 0 Å². The van der Waals surface area contributed by atoms with E-state index < -0.39 is 11.9 Å². The number of carbonyl (C=O) groups excluding carboxylic acids is 2. The summed E-state index contributed by atoms with van der Waals surface area (Å²) in [7, 11) is 0. The van der Waals surface area contributed by atoms with Crippen LogP contribution in [0.3, 0.4) is 0 Å². The summed E-state index contributed by atoms with van der Waals surface area (Å²) < 4.78 is 9.38. The van der Waals surface area contributed by atoms with Crippen molar-refractivity contribution in [3.05, 3.63) is 12.2 Å². The second-order valence-corrected chi connectivity index (χ2v) is 2.21. The first kappa shape index (κ1) is 11.9. The maximum absolute atomic E-state index is 10.7. The summed E-state index contributed by atoms with van der Waals surface area (Å²) in [6.45, 7) is 1.78. The second-order valence-electron chi connectivity index (χ2n) is 2.21. The van der Waals surface area contributed by atoms with Crippen LogP contribution in [0.2, 0.25) is 0 Å². The third kappa shape index (κ3) is 4.09. The van der Waals surface area contributed by atoms with Crippen LogP contribution in [0.25, 0.3) is 0 Å². The zero-order valence-corrected chi connectivity index (χ0v) is 6.07. The van der Waals surface area contributed by atoms with Crippen LogP contribution in [0.15, 0.2) is 12.2 Å². The van der Waals surface area contributed by atoms with Gasteiger partial charge < -0.3 is 9.47 Å². The van der Waals surface area contributed by atoms with Crippen LogP contribution >= 0.6 is 0 Å². The van der Waals surface area contributed by atoms with Crippen LogP contribution in [0.4, 0.5) is 0 Å². The fraction of sp³-hybridized carbons (Fsp3) is 0.429. The molecule has 0 saturated heterocycles. The third-order valence-corrected chi connectivity index (χ3v) is 1.13. The third-order valence-electron chi connectivity index (χ3n) is 1.13. The normalized spacial score (nSPS) is 25.6. The van der Waals surface area contributed by atoms with Gasteiger partial charge in [-0.2, -0.15) is 0 Å². The Bertz CT molecular complexity index is 211. The molecule has 64 valence electrons. The minimum absolute atomic E-state index is 0. The monoisotopic (exact) mass is 198 g/mol. The van der Waals surface area contributed by atoms with E-state index in [0.717, 1.165) is 12.2 Å². The van der Waals surface area contributed by atoms with Crippen molar-refractivity contribution in [3.8, 4) is 0 Å². The van der Waals surface area contributed by atoms with E-state index in [2.05, 4.69) is 4.74 Å². The van der Waals surface area contributed by atoms with Crippen molar-refractivity contribution in [2.45, 2.75) is 13.0 Å². The molecule has 12 heavy (non-hydrogen) atoms. The van der Waals surface area contributed by atoms with E-state index in [9.17, 15) is 9.59 Å². The van der Waals surface area contributed by atoms with Gasteiger partial charge in [-0.3, -0.25) is 0 Å². The molecule has 0 saturated carbocycles. The summed E-state index contributed by atoms with van der Waals surface area (Å²) >= 11 is 0. The van der Waals surface area contributed by atoms with Gasteiger partial charge in [0.2, 0.25) is 0 Å². The maximum atomic E-state index is 10.7. The number of hydrogen-bond acceptors (Lipinski definition) is 4. The SMILES string of the molecule is CC1COC(=O)/C=C\C(=O)O1.[CaH2]. The Morgan fingerprint density at radius 2 is 1.92 bits per heavy atom. The first-order valence-electron chi connectivity index (χ1n) is 3.24. The summed E-state index contributed by atoms with van der Waals surface area (Å²) in [6.07, 6.45) is 1.74. The zero-order valence-electron chi connectivity index (χ0n) is 6.07. The molecule has 0 bridgehead atoms. The molecule has 1 rings (SSSR count). The fourth-order valence-corrected chi connectivity index (χ4v) is 0.655. The van der Waals surface area contributed by atoms with Crippen molar-refractivity contribution in [2.75, 3.05) is 6.61 Å². The van der Waals surface area contributed by atoms with E-state index in [4.69, 9.17) is 4.74 Å². The van der Waals surface area contributed by atoms with Gasteiger partial charge in [0.25, 0.3) is 0 Å². The standard InChI is InChI=1S/C7H8O4.Ca.2H/c1-5-4-10-6(8)2-3-7(9)11-5;;;/h2-3,5H,4H2,1H3;;;/b3-2-;;;. The van der Waals surface area contributed by atoms with Gasteiger partial charge in [-0.1, -0.05) is 0 Å². The molecule has 5 heteroatoms. The van der Waals surface area contributed by atoms with E-state index in [1.807, 2.05) is 0 Å². The molecule has 1 aliphatic heterocycles. The Kier molecular flexibility index (Phi) is 5.53. The van der Waals surface area contributed by atoms with Crippen molar-refractivity contribution < 1.29 is 19.1 Å². The Balaban J connectivity index is 0.00000121. The zero-order chi connectivity index (χ0) is 8.27. The van der Waals surface area contributed by atoms with Crippen LogP contribution < -0.4 is 0 Å². The Morgan fingerprint density at radius 1 is 1.33 bits per heavy atom. The Morgan fingerprint density at radius 3 is 2.58 bits per heavy atom. The number of esters is 2. The molecular formula is C7H10CaO4. The molecule has 0 N–H and O–H groups in total. The fourth-order valence-electron chi connectivity index (χ4n) is 0.655. The molecule has 0 amide bonds. The number of rotatable bonds is 0. The quantitative estimate of drug-likeness (QED) is 0.374. The van der Waals surface area contributed by atoms with Gasteiger partial charge >= 0.3 is 49.7 Å². The van der Waals surface area contributed by atoms with Crippen molar-refractivity contribution in [1.29, 1.82) is 0 Å². The number of ether oxygens (including phenoxy) is 2. The van der Waals surface area contributed by atoms with Crippen LogP contribution in [0.5, 0.6) is 0 Å². The average Bonchev–Trinajstić information content (AvgIpc) is 1.95. The number of carbonyl (C=O) groups is 2. The summed E-state index contributed by atoms with van der Waals surface area (Å²) in [5, 5.41) is 0. The number of cyclic esters (lactones) is 2. The average molecular weight is 198 g/mol. The van der Waals surface area contributed by atoms with Crippen LogP contribution in [0.1, 0.15) is 6.92 Å². The van der Waals surface area contributed by atoms with Crippen molar-refractivity contribution in [1.82, 2.24) is 0 Å². The molecule has 0 aromatic heterocycles. The van der Waals surface area contributed by atoms with Gasteiger partial charge in [0.05, 0.1) is 0 Å². The van der Waals surface area contributed by atoms with E-state index in [1.54, 1.807) is 6.92 Å². The second kappa shape index (κ2) is 5.56. The van der Waals surface area contributed by atoms with Gasteiger partial charge in [-0.25, -0.2) is 9.59 Å². The summed E-state index contributed by atoms with van der Waals surface area (Å²) in [5.74, 6) is -1.01. The first-order valence-corrected chi connectivity index (χ1v) is 3.24. The molecule has 1 aliphatic rings. The molecule has 0 spiro atoms. The van der Waals surface area contributed by atoms with E-state index in [1.165, 1.54) is 0 Å². The van der Waals surface area contributed by atoms with Gasteiger partial charge in [0.1, 0.15) is 12.7 Å². The molecule has 1 atom stereocenters. The molecule has 0 aromatic carbocycles. The number of hydrogen-bond donors (Lipinski definition) is 0. The van der Waals surface area contributed by atoms with Crippen molar-refractivity contribution >= 4 is 49.7 Å². The summed E-state index contributed by atoms with van der Waals surface area (Å²) in [5.41, 5.74) is 0. The predicted molar refractivity (Wildman–Crippen MR) is 44.2 cm³/mol. The summed E-state index contributed by atoms with van der Waals surface area (Å²) in [6, 6.07) is 0. The van der Waals surface area contributed by atoms with Crippen LogP contribution in [0, 0.1) is 0 Å². The van der Waals surface area contributed by atoms with Crippen LogP contribution in [-0.2, 0) is 19.1 Å². The van der Waals surface area contributed by atoms with Crippen LogP contribution in [-0.4, -0.2) is 62.4 Å². The van der Waals surface area contributed by atoms with Crippen molar-refractivity contribution in [2.24, 2.45) is 0 Å². The first-order chi connectivity index (χ1) is 5.18. The topological polar surface area (TPSA) is 52.6 Å². The molecular weight excluding hydrogens is 188 g/mol. The molecule has 0 radical (unpaired) electrons. The van der Waals surface area contributed by atoms with Gasteiger partial charge in [0, 0.05) is 12.2 Å².